The van der Waals surface area contributed by atoms with Crippen molar-refractivity contribution in [3.63, 3.8) is 0 Å². The van der Waals surface area contributed by atoms with E-state index in [2.05, 4.69) is 19.9 Å². The Kier molecular flexibility index (Phi) is 5.00. The number of rotatable bonds is 0. The molecule has 0 fully saturated rings. The topological polar surface area (TPSA) is 43.2 Å². The second kappa shape index (κ2) is 7.17. The molecule has 1 aliphatic rings. The summed E-state index contributed by atoms with van der Waals surface area (Å²) in [6.45, 7) is 1.31. The van der Waals surface area contributed by atoms with Crippen LogP contribution in [-0.2, 0) is 0 Å². The van der Waals surface area contributed by atoms with Gasteiger partial charge in [-0.05, 0) is 0 Å². The van der Waals surface area contributed by atoms with E-state index >= 15 is 0 Å². The van der Waals surface area contributed by atoms with Gasteiger partial charge >= 0.3 is 142 Å². The molecule has 0 saturated carbocycles. The predicted molar refractivity (Wildman–Crippen MR) is 96.5 cm³/mol. The summed E-state index contributed by atoms with van der Waals surface area (Å²) in [5.74, 6) is 1.68. The molecule has 0 bridgehead atoms. The average Bonchev–Trinajstić information content (AvgIpc) is 2.53. The molecule has 2 aromatic rings. The van der Waals surface area contributed by atoms with E-state index in [0.717, 1.165) is 22.6 Å². The third-order valence-corrected chi connectivity index (χ3v) is 7.43. The summed E-state index contributed by atoms with van der Waals surface area (Å²) < 4.78 is 12.6. The van der Waals surface area contributed by atoms with Crippen molar-refractivity contribution in [3.05, 3.63) is 59.7 Å². The first-order valence-corrected chi connectivity index (χ1v) is 15.7. The molecular weight excluding hydrogens is 395 g/mol. The molecule has 4 nitrogen and oxygen atoms in total. The van der Waals surface area contributed by atoms with Crippen LogP contribution in [0.25, 0.3) is 0 Å². The van der Waals surface area contributed by atoms with E-state index in [1.54, 1.807) is 0 Å². The van der Waals surface area contributed by atoms with Crippen molar-refractivity contribution in [3.8, 4) is 11.5 Å². The Bertz CT molecular complexity index is 680. The molecule has 0 aromatic heterocycles. The fourth-order valence-electron chi connectivity index (χ4n) is 2.35. The van der Waals surface area contributed by atoms with Gasteiger partial charge in [-0.3, -0.25) is 0 Å². The van der Waals surface area contributed by atoms with E-state index in [1.807, 2.05) is 61.0 Å². The van der Waals surface area contributed by atoms with Crippen LogP contribution in [0.4, 0.5) is 0 Å². The van der Waals surface area contributed by atoms with E-state index in [1.165, 1.54) is 0 Å². The zero-order valence-electron chi connectivity index (χ0n) is 13.4. The quantitative estimate of drug-likeness (QED) is 0.617. The molecule has 0 aliphatic carbocycles. The monoisotopic (exact) mass is 416 g/mol. The molecule has 0 atom stereocenters. The van der Waals surface area contributed by atoms with Crippen LogP contribution in [-0.4, -0.2) is 44.7 Å². The number of nitrogens with zero attached hydrogens (tertiary/aromatic N) is 2. The minimum atomic E-state index is -3.22. The Balaban J connectivity index is 1.99. The summed E-state index contributed by atoms with van der Waals surface area (Å²) in [6.07, 6.45) is 3.72. The molecule has 0 unspecified atom stereocenters. The fourth-order valence-corrected chi connectivity index (χ4v) is 6.56. The fraction of sp³-hybridized carbons (Fsp3) is 0.222. The molecule has 0 N–H and O–H groups in total. The molecule has 1 heterocycles. The predicted octanol–water partition coefficient (Wildman–Crippen LogP) is 3.70. The second-order valence-corrected chi connectivity index (χ2v) is 14.9. The summed E-state index contributed by atoms with van der Waals surface area (Å²) in [4.78, 5) is 13.1. The first-order valence-electron chi connectivity index (χ1n) is 7.70. The number of para-hydroxylation sites is 2. The van der Waals surface area contributed by atoms with Crippen LogP contribution < -0.4 is 6.15 Å². The van der Waals surface area contributed by atoms with Gasteiger partial charge in [0.05, 0.1) is 0 Å². The average molecular weight is 415 g/mol. The van der Waals surface area contributed by atoms with Gasteiger partial charge in [-0.15, -0.1) is 0 Å². The zero-order chi connectivity index (χ0) is 16.1. The number of hydrogen-bond donors (Lipinski definition) is 0. The van der Waals surface area contributed by atoms with Gasteiger partial charge in [0.15, 0.2) is 0 Å². The van der Waals surface area contributed by atoms with E-state index in [4.69, 9.17) is 6.15 Å². The van der Waals surface area contributed by atoms with Crippen LogP contribution in [0.5, 0.6) is 11.5 Å². The van der Waals surface area contributed by atoms with Crippen molar-refractivity contribution in [2.24, 2.45) is 9.98 Å². The SMILES string of the molecule is [CH3][Sn]1([CH3])[O]c2ccccc2C=NCCN=Cc2ccccc2[O]1. The Morgan fingerprint density at radius 2 is 1.17 bits per heavy atom. The van der Waals surface area contributed by atoms with Crippen molar-refractivity contribution in [1.82, 2.24) is 0 Å². The van der Waals surface area contributed by atoms with E-state index < -0.39 is 19.2 Å². The first kappa shape index (κ1) is 16.1. The summed E-state index contributed by atoms with van der Waals surface area (Å²) >= 11 is -3.22. The Morgan fingerprint density at radius 1 is 0.739 bits per heavy atom. The third-order valence-electron chi connectivity index (χ3n) is 3.37. The van der Waals surface area contributed by atoms with Gasteiger partial charge < -0.3 is 0 Å². The van der Waals surface area contributed by atoms with Crippen molar-refractivity contribution >= 4 is 31.6 Å². The van der Waals surface area contributed by atoms with Gasteiger partial charge in [0.25, 0.3) is 0 Å². The van der Waals surface area contributed by atoms with Crippen LogP contribution in [0.2, 0.25) is 9.88 Å². The van der Waals surface area contributed by atoms with E-state index in [0.29, 0.717) is 13.1 Å². The molecule has 2 aromatic carbocycles. The molecule has 0 amide bonds. The molecule has 0 spiro atoms. The van der Waals surface area contributed by atoms with E-state index in [9.17, 15) is 0 Å². The summed E-state index contributed by atoms with van der Waals surface area (Å²) in [5.41, 5.74) is 1.97. The third kappa shape index (κ3) is 4.34. The van der Waals surface area contributed by atoms with Crippen LogP contribution in [0.3, 0.4) is 0 Å². The maximum atomic E-state index is 6.31. The number of benzene rings is 2. The molecule has 1 aliphatic heterocycles. The van der Waals surface area contributed by atoms with Gasteiger partial charge in [0.1, 0.15) is 0 Å². The maximum absolute atomic E-state index is 6.31. The van der Waals surface area contributed by atoms with Crippen LogP contribution in [0.15, 0.2) is 58.5 Å². The van der Waals surface area contributed by atoms with Crippen LogP contribution in [0, 0.1) is 0 Å². The number of hydrogen-bond acceptors (Lipinski definition) is 4. The zero-order valence-corrected chi connectivity index (χ0v) is 16.3. The summed E-state index contributed by atoms with van der Waals surface area (Å²) in [5, 5.41) is 0. The molecule has 0 saturated heterocycles. The second-order valence-electron chi connectivity index (χ2n) is 5.75. The molecule has 0 radical (unpaired) electrons. The van der Waals surface area contributed by atoms with Crippen molar-refractivity contribution in [1.29, 1.82) is 0 Å². The van der Waals surface area contributed by atoms with Gasteiger partial charge in [-0.1, -0.05) is 0 Å². The van der Waals surface area contributed by atoms with Crippen molar-refractivity contribution in [2.75, 3.05) is 13.1 Å². The van der Waals surface area contributed by atoms with Crippen LogP contribution in [0.1, 0.15) is 11.1 Å². The number of fused-ring (bicyclic) bond motifs is 2. The Hall–Kier alpha value is -1.82. The normalized spacial score (nSPS) is 16.6. The van der Waals surface area contributed by atoms with Gasteiger partial charge in [-0.2, -0.15) is 0 Å². The first-order chi connectivity index (χ1) is 11.1. The van der Waals surface area contributed by atoms with Gasteiger partial charge in [-0.25, -0.2) is 0 Å². The van der Waals surface area contributed by atoms with Gasteiger partial charge in [0, 0.05) is 0 Å². The molecule has 5 heteroatoms. The minimum absolute atomic E-state index is 0.653. The summed E-state index contributed by atoms with van der Waals surface area (Å²) in [6, 6.07) is 15.9. The Morgan fingerprint density at radius 3 is 1.65 bits per heavy atom. The van der Waals surface area contributed by atoms with Gasteiger partial charge in [0.2, 0.25) is 0 Å². The van der Waals surface area contributed by atoms with E-state index in [-0.39, 0.29) is 0 Å². The van der Waals surface area contributed by atoms with Crippen LogP contribution >= 0.6 is 0 Å². The molecule has 23 heavy (non-hydrogen) atoms. The Labute approximate surface area is 141 Å². The standard InChI is InChI=1S/C16H16N2O2.2CH3.Sn/c19-15-7-3-1-5-13(15)11-17-9-10-18-12-14-6-2-4-8-16(14)20;;;/h1-8,11-12,19-20H,9-10H2;2*1H3;/q;;;+2/p-2. The molecular formula is C18H20N2O2Sn. The molecule has 118 valence electrons. The summed E-state index contributed by atoms with van der Waals surface area (Å²) in [7, 11) is 0. The number of aliphatic imine (C=N–C) groups is 2. The molecule has 3 rings (SSSR count). The van der Waals surface area contributed by atoms with Crippen molar-refractivity contribution < 1.29 is 6.15 Å². The van der Waals surface area contributed by atoms with Crippen molar-refractivity contribution in [2.45, 2.75) is 9.88 Å².